The number of aromatic nitrogens is 1. The molecule has 0 atom stereocenters. The van der Waals surface area contributed by atoms with Crippen molar-refractivity contribution in [2.45, 2.75) is 25.3 Å². The van der Waals surface area contributed by atoms with E-state index < -0.39 is 26.3 Å². The van der Waals surface area contributed by atoms with Crippen molar-refractivity contribution in [1.82, 2.24) is 9.88 Å². The first-order valence-electron chi connectivity index (χ1n) is 5.97. The smallest absolute Gasteiger partial charge is 0.242 e. The quantitative estimate of drug-likeness (QED) is 0.928. The Bertz CT molecular complexity index is 802. The predicted octanol–water partition coefficient (Wildman–Crippen LogP) is 1.78. The van der Waals surface area contributed by atoms with Crippen LogP contribution in [0, 0.1) is 31.0 Å². The first kappa shape index (κ1) is 15.2. The van der Waals surface area contributed by atoms with Gasteiger partial charge in [0, 0.05) is 12.1 Å². The summed E-state index contributed by atoms with van der Waals surface area (Å²) in [5, 5.41) is 12.6. The first-order chi connectivity index (χ1) is 9.86. The van der Waals surface area contributed by atoms with Gasteiger partial charge in [-0.05, 0) is 26.0 Å². The number of rotatable bonds is 4. The highest BCUT2D eigenvalue weighted by Crippen LogP contribution is 2.19. The van der Waals surface area contributed by atoms with E-state index in [-0.39, 0.29) is 6.54 Å². The number of nitrogens with zero attached hydrogens (tertiary/aromatic N) is 2. The fraction of sp³-hybridized carbons (Fsp3) is 0.231. The summed E-state index contributed by atoms with van der Waals surface area (Å²) in [6.07, 6.45) is 0. The summed E-state index contributed by atoms with van der Waals surface area (Å²) in [4.78, 5) is -0.392. The van der Waals surface area contributed by atoms with Crippen LogP contribution in [0.5, 0.6) is 0 Å². The Morgan fingerprint density at radius 2 is 2.14 bits per heavy atom. The Kier molecular flexibility index (Phi) is 4.06. The number of hydrogen-bond acceptors (Lipinski definition) is 5. The lowest BCUT2D eigenvalue weighted by Crippen LogP contribution is -2.24. The molecule has 0 aliphatic heterocycles. The van der Waals surface area contributed by atoms with E-state index in [4.69, 9.17) is 9.78 Å². The fourth-order valence-electron chi connectivity index (χ4n) is 1.84. The second-order valence-electron chi connectivity index (χ2n) is 4.35. The number of benzene rings is 1. The summed E-state index contributed by atoms with van der Waals surface area (Å²) in [7, 11) is -4.02. The minimum atomic E-state index is -4.02. The zero-order chi connectivity index (χ0) is 15.6. The summed E-state index contributed by atoms with van der Waals surface area (Å²) in [6.45, 7) is 3.29. The van der Waals surface area contributed by atoms with Crippen LogP contribution in [0.15, 0.2) is 27.6 Å². The van der Waals surface area contributed by atoms with Gasteiger partial charge >= 0.3 is 0 Å². The third-order valence-corrected chi connectivity index (χ3v) is 4.44. The van der Waals surface area contributed by atoms with E-state index in [2.05, 4.69) is 9.88 Å². The van der Waals surface area contributed by atoms with E-state index in [9.17, 15) is 12.8 Å². The average Bonchev–Trinajstić information content (AvgIpc) is 2.75. The molecule has 6 nitrogen and oxygen atoms in total. The van der Waals surface area contributed by atoms with Gasteiger partial charge in [0.25, 0.3) is 0 Å². The molecular formula is C13H12FN3O3S. The fourth-order valence-corrected chi connectivity index (χ4v) is 3.00. The van der Waals surface area contributed by atoms with Crippen LogP contribution in [0.1, 0.15) is 22.6 Å². The molecule has 0 radical (unpaired) electrons. The van der Waals surface area contributed by atoms with Gasteiger partial charge in [-0.2, -0.15) is 5.26 Å². The molecule has 2 aromatic rings. The number of nitrogens with one attached hydrogen (secondary N) is 1. The molecule has 8 heteroatoms. The second-order valence-corrected chi connectivity index (χ2v) is 6.09. The lowest BCUT2D eigenvalue weighted by Gasteiger charge is -2.08. The van der Waals surface area contributed by atoms with Gasteiger partial charge in [0.2, 0.25) is 10.0 Å². The van der Waals surface area contributed by atoms with E-state index in [0.717, 1.165) is 6.07 Å². The summed E-state index contributed by atoms with van der Waals surface area (Å²) in [6, 6.07) is 5.01. The maximum atomic E-state index is 13.5. The molecular weight excluding hydrogens is 297 g/mol. The number of sulfonamides is 1. The average molecular weight is 309 g/mol. The number of nitriles is 1. The van der Waals surface area contributed by atoms with E-state index in [1.54, 1.807) is 19.9 Å². The monoisotopic (exact) mass is 309 g/mol. The molecule has 1 aromatic carbocycles. The Balaban J connectivity index is 2.32. The van der Waals surface area contributed by atoms with Crippen LogP contribution in [0.4, 0.5) is 4.39 Å². The maximum Gasteiger partial charge on any atom is 0.242 e. The molecule has 110 valence electrons. The Morgan fingerprint density at radius 3 is 2.71 bits per heavy atom. The van der Waals surface area contributed by atoms with Crippen molar-refractivity contribution in [3.8, 4) is 6.07 Å². The van der Waals surface area contributed by atoms with Crippen molar-refractivity contribution >= 4 is 10.0 Å². The highest BCUT2D eigenvalue weighted by Gasteiger charge is 2.22. The van der Waals surface area contributed by atoms with Crippen LogP contribution in [0.25, 0.3) is 0 Å². The largest absolute Gasteiger partial charge is 0.361 e. The van der Waals surface area contributed by atoms with Crippen molar-refractivity contribution in [2.24, 2.45) is 0 Å². The minimum absolute atomic E-state index is 0.0507. The van der Waals surface area contributed by atoms with Crippen molar-refractivity contribution in [2.75, 3.05) is 0 Å². The van der Waals surface area contributed by atoms with Crippen molar-refractivity contribution in [3.63, 3.8) is 0 Å². The minimum Gasteiger partial charge on any atom is -0.361 e. The van der Waals surface area contributed by atoms with E-state index in [0.29, 0.717) is 17.0 Å². The number of hydrogen-bond donors (Lipinski definition) is 1. The topological polar surface area (TPSA) is 96.0 Å². The first-order valence-corrected chi connectivity index (χ1v) is 7.45. The highest BCUT2D eigenvalue weighted by molar-refractivity contribution is 7.89. The summed E-state index contributed by atoms with van der Waals surface area (Å²) in [5.41, 5.74) is 0.659. The van der Waals surface area contributed by atoms with Crippen LogP contribution in [-0.2, 0) is 16.6 Å². The normalized spacial score (nSPS) is 11.3. The van der Waals surface area contributed by atoms with Crippen LogP contribution in [0.3, 0.4) is 0 Å². The molecule has 0 fully saturated rings. The van der Waals surface area contributed by atoms with Crippen molar-refractivity contribution < 1.29 is 17.3 Å². The molecule has 1 aromatic heterocycles. The SMILES string of the molecule is Cc1noc(C)c1CNS(=O)(=O)c1cccc(F)c1C#N. The Morgan fingerprint density at radius 1 is 1.43 bits per heavy atom. The van der Waals surface area contributed by atoms with E-state index >= 15 is 0 Å². The predicted molar refractivity (Wildman–Crippen MR) is 71.1 cm³/mol. The zero-order valence-corrected chi connectivity index (χ0v) is 12.2. The molecule has 0 bridgehead atoms. The zero-order valence-electron chi connectivity index (χ0n) is 11.3. The second kappa shape index (κ2) is 5.63. The molecule has 0 unspecified atom stereocenters. The number of halogens is 1. The standard InChI is InChI=1S/C13H12FN3O3S/c1-8-11(9(2)20-17-8)7-16-21(18,19)13-5-3-4-12(14)10(13)6-15/h3-5,16H,7H2,1-2H3. The van der Waals surface area contributed by atoms with Crippen molar-refractivity contribution in [3.05, 3.63) is 46.6 Å². The highest BCUT2D eigenvalue weighted by atomic mass is 32.2. The van der Waals surface area contributed by atoms with Crippen LogP contribution < -0.4 is 4.72 Å². The lowest BCUT2D eigenvalue weighted by atomic mass is 10.2. The molecule has 0 amide bonds. The van der Waals surface area contributed by atoms with Gasteiger partial charge in [0.05, 0.1) is 5.69 Å². The molecule has 1 N–H and O–H groups in total. The molecule has 2 rings (SSSR count). The Hall–Kier alpha value is -2.24. The van der Waals surface area contributed by atoms with Crippen molar-refractivity contribution in [1.29, 1.82) is 5.26 Å². The lowest BCUT2D eigenvalue weighted by molar-refractivity contribution is 0.392. The number of aryl methyl sites for hydroxylation is 2. The van der Waals surface area contributed by atoms with Gasteiger partial charge < -0.3 is 4.52 Å². The molecule has 0 saturated carbocycles. The molecule has 0 aliphatic carbocycles. The molecule has 21 heavy (non-hydrogen) atoms. The van der Waals surface area contributed by atoms with Gasteiger partial charge in [0.15, 0.2) is 0 Å². The third-order valence-electron chi connectivity index (χ3n) is 3.00. The Labute approximate surface area is 121 Å². The van der Waals surface area contributed by atoms with Gasteiger partial charge in [0.1, 0.15) is 28.1 Å². The molecule has 0 saturated heterocycles. The molecule has 0 aliphatic rings. The van der Waals surface area contributed by atoms with Crippen LogP contribution in [0.2, 0.25) is 0 Å². The van der Waals surface area contributed by atoms with Crippen LogP contribution in [-0.4, -0.2) is 13.6 Å². The maximum absolute atomic E-state index is 13.5. The summed E-state index contributed by atoms with van der Waals surface area (Å²) in [5.74, 6) is -0.382. The van der Waals surface area contributed by atoms with Gasteiger partial charge in [-0.15, -0.1) is 0 Å². The van der Waals surface area contributed by atoms with Gasteiger partial charge in [-0.3, -0.25) is 0 Å². The summed E-state index contributed by atoms with van der Waals surface area (Å²) < 4.78 is 45.1. The van der Waals surface area contributed by atoms with E-state index in [1.165, 1.54) is 12.1 Å². The molecule has 1 heterocycles. The third kappa shape index (κ3) is 2.94. The van der Waals surface area contributed by atoms with E-state index in [1.807, 2.05) is 0 Å². The van der Waals surface area contributed by atoms with Gasteiger partial charge in [-0.25, -0.2) is 17.5 Å². The molecule has 0 spiro atoms. The van der Waals surface area contributed by atoms with Gasteiger partial charge in [-0.1, -0.05) is 11.2 Å². The van der Waals surface area contributed by atoms with Crippen LogP contribution >= 0.6 is 0 Å². The summed E-state index contributed by atoms with van der Waals surface area (Å²) >= 11 is 0.